The van der Waals surface area contributed by atoms with Crippen molar-refractivity contribution in [1.82, 2.24) is 5.32 Å². The van der Waals surface area contributed by atoms with E-state index in [4.69, 9.17) is 11.6 Å². The third kappa shape index (κ3) is 5.01. The third-order valence-corrected chi connectivity index (χ3v) is 3.42. The normalized spacial score (nSPS) is 14.2. The lowest BCUT2D eigenvalue weighted by Crippen LogP contribution is -2.27. The molecule has 0 fully saturated rings. The number of rotatable bonds is 7. The van der Waals surface area contributed by atoms with Crippen molar-refractivity contribution >= 4 is 17.3 Å². The van der Waals surface area contributed by atoms with Crippen molar-refractivity contribution in [3.8, 4) is 0 Å². The molecular weight excluding hydrogens is 260 g/mol. The number of benzene rings is 1. The predicted molar refractivity (Wildman–Crippen MR) is 83.1 cm³/mol. The molecule has 19 heavy (non-hydrogen) atoms. The average molecular weight is 285 g/mol. The summed E-state index contributed by atoms with van der Waals surface area (Å²) in [6, 6.07) is 6.41. The zero-order valence-corrected chi connectivity index (χ0v) is 13.0. The van der Waals surface area contributed by atoms with Crippen molar-refractivity contribution in [1.29, 1.82) is 0 Å². The molecule has 0 aliphatic rings. The first-order valence-electron chi connectivity index (χ1n) is 6.87. The second-order valence-corrected chi connectivity index (χ2v) is 5.52. The fraction of sp³-hybridized carbons (Fsp3) is 0.600. The maximum absolute atomic E-state index is 9.42. The summed E-state index contributed by atoms with van der Waals surface area (Å²) in [5.41, 5.74) is 2.14. The van der Waals surface area contributed by atoms with E-state index >= 15 is 0 Å². The Bertz CT molecular complexity index is 396. The van der Waals surface area contributed by atoms with Gasteiger partial charge in [0.15, 0.2) is 0 Å². The van der Waals surface area contributed by atoms with E-state index in [1.54, 1.807) is 6.92 Å². The molecule has 0 amide bonds. The molecule has 3 nitrogen and oxygen atoms in total. The van der Waals surface area contributed by atoms with E-state index in [0.29, 0.717) is 12.6 Å². The quantitative estimate of drug-likeness (QED) is 0.807. The smallest absolute Gasteiger partial charge is 0.0686 e. The molecule has 0 heterocycles. The summed E-state index contributed by atoms with van der Waals surface area (Å²) in [5, 5.41) is 13.6. The Morgan fingerprint density at radius 1 is 1.37 bits per heavy atom. The van der Waals surface area contributed by atoms with E-state index in [9.17, 15) is 5.11 Å². The van der Waals surface area contributed by atoms with Crippen LogP contribution in [0.4, 0.5) is 5.69 Å². The molecule has 0 saturated heterocycles. The second kappa shape index (κ2) is 7.73. The van der Waals surface area contributed by atoms with Crippen LogP contribution < -0.4 is 10.2 Å². The van der Waals surface area contributed by atoms with Crippen molar-refractivity contribution in [3.63, 3.8) is 0 Å². The van der Waals surface area contributed by atoms with Gasteiger partial charge >= 0.3 is 0 Å². The van der Waals surface area contributed by atoms with Crippen LogP contribution in [0.25, 0.3) is 0 Å². The van der Waals surface area contributed by atoms with Crippen LogP contribution >= 0.6 is 11.6 Å². The first-order valence-corrected chi connectivity index (χ1v) is 7.25. The van der Waals surface area contributed by atoms with Crippen LogP contribution in [-0.2, 0) is 0 Å². The molecular formula is C15H25ClN2O. The number of nitrogens with zero attached hydrogens (tertiary/aromatic N) is 1. The van der Waals surface area contributed by atoms with Gasteiger partial charge in [0.2, 0.25) is 0 Å². The van der Waals surface area contributed by atoms with Gasteiger partial charge in [0.1, 0.15) is 0 Å². The zero-order valence-electron chi connectivity index (χ0n) is 12.3. The highest BCUT2D eigenvalue weighted by atomic mass is 35.5. The first-order chi connectivity index (χ1) is 8.95. The molecule has 0 saturated carbocycles. The Hall–Kier alpha value is -0.770. The molecule has 0 aliphatic carbocycles. The Balaban J connectivity index is 2.79. The number of aliphatic hydroxyl groups is 1. The molecule has 0 aromatic heterocycles. The van der Waals surface area contributed by atoms with Crippen molar-refractivity contribution in [2.24, 2.45) is 0 Å². The number of anilines is 1. The number of hydrogen-bond acceptors (Lipinski definition) is 3. The maximum atomic E-state index is 9.42. The van der Waals surface area contributed by atoms with E-state index in [2.05, 4.69) is 25.2 Å². The fourth-order valence-corrected chi connectivity index (χ4v) is 2.41. The predicted octanol–water partition coefficient (Wildman–Crippen LogP) is 3.22. The monoisotopic (exact) mass is 284 g/mol. The minimum atomic E-state index is -0.370. The largest absolute Gasteiger partial charge is 0.392 e. The third-order valence-electron chi connectivity index (χ3n) is 3.12. The van der Waals surface area contributed by atoms with Crippen LogP contribution in [0, 0.1) is 0 Å². The number of hydrogen-bond donors (Lipinski definition) is 2. The van der Waals surface area contributed by atoms with Gasteiger partial charge in [-0.1, -0.05) is 24.6 Å². The van der Waals surface area contributed by atoms with E-state index < -0.39 is 0 Å². The van der Waals surface area contributed by atoms with Gasteiger partial charge in [0, 0.05) is 19.6 Å². The second-order valence-electron chi connectivity index (χ2n) is 5.12. The average Bonchev–Trinajstić information content (AvgIpc) is 2.34. The number of likely N-dealkylation sites (N-methyl/N-ethyl adjacent to an activating group) is 1. The summed E-state index contributed by atoms with van der Waals surface area (Å²) >= 11 is 6.33. The lowest BCUT2D eigenvalue weighted by Gasteiger charge is -2.23. The Labute approximate surface area is 121 Å². The van der Waals surface area contributed by atoms with Gasteiger partial charge < -0.3 is 15.3 Å². The van der Waals surface area contributed by atoms with Gasteiger partial charge in [-0.25, -0.2) is 0 Å². The van der Waals surface area contributed by atoms with Crippen LogP contribution in [-0.4, -0.2) is 31.3 Å². The minimum Gasteiger partial charge on any atom is -0.392 e. The van der Waals surface area contributed by atoms with Crippen molar-refractivity contribution < 1.29 is 5.11 Å². The molecule has 108 valence electrons. The molecule has 2 atom stereocenters. The summed E-state index contributed by atoms with van der Waals surface area (Å²) in [6.45, 7) is 7.64. The molecule has 1 aromatic carbocycles. The first kappa shape index (κ1) is 16.3. The van der Waals surface area contributed by atoms with Gasteiger partial charge in [-0.3, -0.25) is 0 Å². The van der Waals surface area contributed by atoms with Gasteiger partial charge in [-0.15, -0.1) is 0 Å². The minimum absolute atomic E-state index is 0.300. The van der Waals surface area contributed by atoms with Crippen molar-refractivity contribution in [3.05, 3.63) is 28.8 Å². The van der Waals surface area contributed by atoms with Crippen LogP contribution in [0.3, 0.4) is 0 Å². The fourth-order valence-electron chi connectivity index (χ4n) is 2.08. The van der Waals surface area contributed by atoms with Gasteiger partial charge in [-0.05, 0) is 44.5 Å². The molecule has 4 heteroatoms. The van der Waals surface area contributed by atoms with E-state index in [-0.39, 0.29) is 6.10 Å². The van der Waals surface area contributed by atoms with Crippen LogP contribution in [0.2, 0.25) is 5.02 Å². The summed E-state index contributed by atoms with van der Waals surface area (Å²) in [7, 11) is 1.94. The highest BCUT2D eigenvalue weighted by molar-refractivity contribution is 6.33. The molecule has 0 bridgehead atoms. The standard InChI is InChI=1S/C15H25ClN2O/c1-5-8-17-12(3)13-6-7-15(14(16)9-13)18(4)10-11(2)19/h6-7,9,11-12,17,19H,5,8,10H2,1-4H3. The lowest BCUT2D eigenvalue weighted by atomic mass is 10.1. The van der Waals surface area contributed by atoms with Gasteiger partial charge in [0.05, 0.1) is 16.8 Å². The molecule has 0 aliphatic heterocycles. The van der Waals surface area contributed by atoms with Crippen molar-refractivity contribution in [2.45, 2.75) is 39.3 Å². The highest BCUT2D eigenvalue weighted by Crippen LogP contribution is 2.28. The van der Waals surface area contributed by atoms with Crippen LogP contribution in [0.5, 0.6) is 0 Å². The van der Waals surface area contributed by atoms with E-state index in [0.717, 1.165) is 23.7 Å². The zero-order chi connectivity index (χ0) is 14.4. The lowest BCUT2D eigenvalue weighted by molar-refractivity contribution is 0.201. The highest BCUT2D eigenvalue weighted by Gasteiger charge is 2.11. The van der Waals surface area contributed by atoms with Crippen LogP contribution in [0.1, 0.15) is 38.8 Å². The number of halogens is 1. The summed E-state index contributed by atoms with van der Waals surface area (Å²) < 4.78 is 0. The van der Waals surface area contributed by atoms with Crippen LogP contribution in [0.15, 0.2) is 18.2 Å². The Morgan fingerprint density at radius 3 is 2.58 bits per heavy atom. The number of aliphatic hydroxyl groups excluding tert-OH is 1. The van der Waals surface area contributed by atoms with Gasteiger partial charge in [-0.2, -0.15) is 0 Å². The molecule has 1 rings (SSSR count). The Kier molecular flexibility index (Phi) is 6.63. The summed E-state index contributed by atoms with van der Waals surface area (Å²) in [6.07, 6.45) is 0.749. The maximum Gasteiger partial charge on any atom is 0.0686 e. The molecule has 0 spiro atoms. The van der Waals surface area contributed by atoms with Crippen molar-refractivity contribution in [2.75, 3.05) is 25.0 Å². The van der Waals surface area contributed by atoms with E-state index in [1.165, 1.54) is 5.56 Å². The van der Waals surface area contributed by atoms with E-state index in [1.807, 2.05) is 24.1 Å². The summed E-state index contributed by atoms with van der Waals surface area (Å²) in [4.78, 5) is 1.97. The molecule has 2 unspecified atom stereocenters. The number of nitrogens with one attached hydrogen (secondary N) is 1. The SMILES string of the molecule is CCCNC(C)c1ccc(N(C)CC(C)O)c(Cl)c1. The Morgan fingerprint density at radius 2 is 2.05 bits per heavy atom. The van der Waals surface area contributed by atoms with Gasteiger partial charge in [0.25, 0.3) is 0 Å². The summed E-state index contributed by atoms with van der Waals surface area (Å²) in [5.74, 6) is 0. The topological polar surface area (TPSA) is 35.5 Å². The molecule has 2 N–H and O–H groups in total. The molecule has 1 aromatic rings. The molecule has 0 radical (unpaired) electrons.